The SMILES string of the molecule is CC(C)CCC(=O)N1CCCC(n2nc(-c3ccc(Oc4ccccc4)cc3)c3c(N)ncnc32)C1. The molecule has 3 heterocycles. The van der Waals surface area contributed by atoms with E-state index in [9.17, 15) is 4.79 Å². The lowest BCUT2D eigenvalue weighted by atomic mass is 10.0. The summed E-state index contributed by atoms with van der Waals surface area (Å²) in [5.41, 5.74) is 8.65. The second-order valence-electron chi connectivity index (χ2n) is 9.76. The Balaban J connectivity index is 1.43. The van der Waals surface area contributed by atoms with E-state index in [4.69, 9.17) is 15.6 Å². The van der Waals surface area contributed by atoms with Crippen LogP contribution in [0.4, 0.5) is 5.82 Å². The predicted molar refractivity (Wildman–Crippen MR) is 141 cm³/mol. The first-order chi connectivity index (χ1) is 17.5. The van der Waals surface area contributed by atoms with Crippen LogP contribution in [0.15, 0.2) is 60.9 Å². The Kier molecular flexibility index (Phi) is 6.84. The molecular formula is C28H32N6O2. The molecule has 0 radical (unpaired) electrons. The number of anilines is 1. The average Bonchev–Trinajstić information content (AvgIpc) is 3.29. The number of carbonyl (C=O) groups excluding carboxylic acids is 1. The van der Waals surface area contributed by atoms with Crippen LogP contribution in [0.1, 0.15) is 45.6 Å². The van der Waals surface area contributed by atoms with Gasteiger partial charge in [-0.3, -0.25) is 4.79 Å². The second kappa shape index (κ2) is 10.4. The molecule has 1 aliphatic rings. The van der Waals surface area contributed by atoms with Crippen molar-refractivity contribution < 1.29 is 9.53 Å². The Morgan fingerprint density at radius 1 is 1.08 bits per heavy atom. The molecule has 1 saturated heterocycles. The molecule has 36 heavy (non-hydrogen) atoms. The van der Waals surface area contributed by atoms with Crippen molar-refractivity contribution in [2.45, 2.75) is 45.6 Å². The van der Waals surface area contributed by atoms with Gasteiger partial charge in [0.2, 0.25) is 5.91 Å². The van der Waals surface area contributed by atoms with E-state index in [-0.39, 0.29) is 11.9 Å². The second-order valence-corrected chi connectivity index (χ2v) is 9.76. The molecule has 1 unspecified atom stereocenters. The largest absolute Gasteiger partial charge is 0.457 e. The third-order valence-electron chi connectivity index (χ3n) is 6.66. The fourth-order valence-corrected chi connectivity index (χ4v) is 4.71. The molecule has 4 aromatic rings. The molecular weight excluding hydrogens is 452 g/mol. The Morgan fingerprint density at radius 2 is 1.83 bits per heavy atom. The summed E-state index contributed by atoms with van der Waals surface area (Å²) in [6.07, 6.45) is 4.83. The van der Waals surface area contributed by atoms with E-state index >= 15 is 0 Å². The van der Waals surface area contributed by atoms with Crippen LogP contribution >= 0.6 is 0 Å². The highest BCUT2D eigenvalue weighted by Crippen LogP contribution is 2.35. The van der Waals surface area contributed by atoms with Gasteiger partial charge < -0.3 is 15.4 Å². The predicted octanol–water partition coefficient (Wildman–Crippen LogP) is 5.47. The molecule has 0 bridgehead atoms. The monoisotopic (exact) mass is 484 g/mol. The first kappa shape index (κ1) is 23.8. The number of rotatable bonds is 7. The zero-order valence-corrected chi connectivity index (χ0v) is 20.8. The smallest absolute Gasteiger partial charge is 0.222 e. The number of ether oxygens (including phenoxy) is 1. The Morgan fingerprint density at radius 3 is 2.58 bits per heavy atom. The summed E-state index contributed by atoms with van der Waals surface area (Å²) < 4.78 is 7.88. The zero-order chi connectivity index (χ0) is 25.1. The lowest BCUT2D eigenvalue weighted by molar-refractivity contribution is -0.133. The minimum absolute atomic E-state index is 0.0352. The van der Waals surface area contributed by atoms with Crippen molar-refractivity contribution in [3.63, 3.8) is 0 Å². The van der Waals surface area contributed by atoms with E-state index in [0.717, 1.165) is 53.9 Å². The summed E-state index contributed by atoms with van der Waals surface area (Å²) in [5.74, 6) is 2.64. The first-order valence-corrected chi connectivity index (χ1v) is 12.6. The number of fused-ring (bicyclic) bond motifs is 1. The third-order valence-corrected chi connectivity index (χ3v) is 6.66. The number of piperidine rings is 1. The van der Waals surface area contributed by atoms with Gasteiger partial charge in [0.15, 0.2) is 5.65 Å². The van der Waals surface area contributed by atoms with Gasteiger partial charge in [-0.2, -0.15) is 5.10 Å². The van der Waals surface area contributed by atoms with Crippen LogP contribution in [0, 0.1) is 5.92 Å². The van der Waals surface area contributed by atoms with Crippen molar-refractivity contribution in [2.75, 3.05) is 18.8 Å². The molecule has 0 aliphatic carbocycles. The zero-order valence-electron chi connectivity index (χ0n) is 20.8. The minimum Gasteiger partial charge on any atom is -0.457 e. The normalized spacial score (nSPS) is 16.0. The first-order valence-electron chi connectivity index (χ1n) is 12.6. The van der Waals surface area contributed by atoms with E-state index in [1.165, 1.54) is 6.33 Å². The Hall–Kier alpha value is -3.94. The number of carbonyl (C=O) groups is 1. The van der Waals surface area contributed by atoms with Gasteiger partial charge >= 0.3 is 0 Å². The highest BCUT2D eigenvalue weighted by atomic mass is 16.5. The van der Waals surface area contributed by atoms with Gasteiger partial charge in [0.05, 0.1) is 11.4 Å². The molecule has 8 heteroatoms. The summed E-state index contributed by atoms with van der Waals surface area (Å²) in [6, 6.07) is 17.5. The van der Waals surface area contributed by atoms with Gasteiger partial charge in [-0.15, -0.1) is 0 Å². The summed E-state index contributed by atoms with van der Waals surface area (Å²) >= 11 is 0. The van der Waals surface area contributed by atoms with Gasteiger partial charge in [0.25, 0.3) is 0 Å². The van der Waals surface area contributed by atoms with E-state index in [1.54, 1.807) is 0 Å². The maximum Gasteiger partial charge on any atom is 0.222 e. The molecule has 5 rings (SSSR count). The Labute approximate surface area is 211 Å². The van der Waals surface area contributed by atoms with Crippen LogP contribution in [0.25, 0.3) is 22.3 Å². The molecule has 2 aromatic heterocycles. The Bertz CT molecular complexity index is 1330. The topological polar surface area (TPSA) is 99.2 Å². The van der Waals surface area contributed by atoms with E-state index in [2.05, 4.69) is 23.8 Å². The van der Waals surface area contributed by atoms with Gasteiger partial charge in [-0.1, -0.05) is 32.0 Å². The van der Waals surface area contributed by atoms with Crippen molar-refractivity contribution >= 4 is 22.8 Å². The maximum atomic E-state index is 12.8. The van der Waals surface area contributed by atoms with Crippen LogP contribution in [0.5, 0.6) is 11.5 Å². The van der Waals surface area contributed by atoms with Crippen LogP contribution in [0.3, 0.4) is 0 Å². The lowest BCUT2D eigenvalue weighted by Crippen LogP contribution is -2.41. The number of nitrogens with two attached hydrogens (primary N) is 1. The molecule has 2 N–H and O–H groups in total. The summed E-state index contributed by atoms with van der Waals surface area (Å²) in [5, 5.41) is 5.71. The number of para-hydroxylation sites is 1. The molecule has 1 fully saturated rings. The molecule has 2 aromatic carbocycles. The van der Waals surface area contributed by atoms with Crippen molar-refractivity contribution in [1.82, 2.24) is 24.6 Å². The van der Waals surface area contributed by atoms with Crippen LogP contribution in [0.2, 0.25) is 0 Å². The fraction of sp³-hybridized carbons (Fsp3) is 0.357. The molecule has 0 spiro atoms. The minimum atomic E-state index is 0.0352. The van der Waals surface area contributed by atoms with Crippen LogP contribution < -0.4 is 10.5 Å². The number of nitrogen functional groups attached to an aromatic ring is 1. The van der Waals surface area contributed by atoms with E-state index in [1.807, 2.05) is 64.2 Å². The number of hydrogen-bond donors (Lipinski definition) is 1. The van der Waals surface area contributed by atoms with Gasteiger partial charge in [0.1, 0.15) is 29.3 Å². The average molecular weight is 485 g/mol. The van der Waals surface area contributed by atoms with Crippen LogP contribution in [-0.4, -0.2) is 43.6 Å². The number of amides is 1. The summed E-state index contributed by atoms with van der Waals surface area (Å²) in [4.78, 5) is 23.6. The van der Waals surface area contributed by atoms with E-state index < -0.39 is 0 Å². The number of aromatic nitrogens is 4. The summed E-state index contributed by atoms with van der Waals surface area (Å²) in [6.45, 7) is 5.71. The van der Waals surface area contributed by atoms with Crippen molar-refractivity contribution in [1.29, 1.82) is 0 Å². The van der Waals surface area contributed by atoms with Gasteiger partial charge in [0, 0.05) is 25.1 Å². The van der Waals surface area contributed by atoms with Crippen LogP contribution in [-0.2, 0) is 4.79 Å². The number of nitrogens with zero attached hydrogens (tertiary/aromatic N) is 5. The molecule has 8 nitrogen and oxygen atoms in total. The van der Waals surface area contributed by atoms with E-state index in [0.29, 0.717) is 30.3 Å². The van der Waals surface area contributed by atoms with Crippen molar-refractivity contribution in [3.8, 4) is 22.8 Å². The highest BCUT2D eigenvalue weighted by Gasteiger charge is 2.28. The quantitative estimate of drug-likeness (QED) is 0.374. The number of hydrogen-bond acceptors (Lipinski definition) is 6. The molecule has 1 amide bonds. The van der Waals surface area contributed by atoms with Crippen molar-refractivity contribution in [2.24, 2.45) is 5.92 Å². The fourth-order valence-electron chi connectivity index (χ4n) is 4.71. The van der Waals surface area contributed by atoms with Gasteiger partial charge in [-0.25, -0.2) is 14.6 Å². The lowest BCUT2D eigenvalue weighted by Gasteiger charge is -2.33. The molecule has 1 atom stereocenters. The molecule has 0 saturated carbocycles. The summed E-state index contributed by atoms with van der Waals surface area (Å²) in [7, 11) is 0. The van der Waals surface area contributed by atoms with Crippen molar-refractivity contribution in [3.05, 3.63) is 60.9 Å². The number of likely N-dealkylation sites (tertiary alicyclic amines) is 1. The molecule has 1 aliphatic heterocycles. The third kappa shape index (κ3) is 5.03. The standard InChI is InChI=1S/C28H32N6O2/c1-19(2)10-15-24(35)33-16-6-7-21(17-33)34-28-25(27(29)30-18-31-28)26(32-34)20-11-13-23(14-12-20)36-22-8-4-3-5-9-22/h3-5,8-9,11-14,18-19,21H,6-7,10,15-17H2,1-2H3,(H2,29,30,31). The maximum absolute atomic E-state index is 12.8. The number of benzene rings is 2. The highest BCUT2D eigenvalue weighted by molar-refractivity contribution is 5.98. The molecule has 186 valence electrons. The van der Waals surface area contributed by atoms with Gasteiger partial charge in [-0.05, 0) is 61.6 Å².